The van der Waals surface area contributed by atoms with Crippen LogP contribution in [0.2, 0.25) is 0 Å². The van der Waals surface area contributed by atoms with Crippen molar-refractivity contribution in [2.24, 2.45) is 0 Å². The first-order chi connectivity index (χ1) is 6.02. The van der Waals surface area contributed by atoms with Crippen molar-refractivity contribution in [3.63, 3.8) is 0 Å². The molecule has 0 unspecified atom stereocenters. The summed E-state index contributed by atoms with van der Waals surface area (Å²) in [4.78, 5) is 9.88. The number of sulfonamides is 1. The van der Waals surface area contributed by atoms with Gasteiger partial charge in [-0.3, -0.25) is 4.72 Å². The minimum atomic E-state index is -3.97. The van der Waals surface area contributed by atoms with E-state index in [1.54, 1.807) is 6.07 Å². The molecular weight excluding hydrogens is 194 g/mol. The summed E-state index contributed by atoms with van der Waals surface area (Å²) in [6.07, 6.45) is -1.84. The van der Waals surface area contributed by atoms with Crippen LogP contribution in [0.1, 0.15) is 0 Å². The van der Waals surface area contributed by atoms with Crippen molar-refractivity contribution in [2.45, 2.75) is 4.90 Å². The predicted molar refractivity (Wildman–Crippen MR) is 42.2 cm³/mol. The zero-order valence-electron chi connectivity index (χ0n) is 6.43. The van der Waals surface area contributed by atoms with Gasteiger partial charge < -0.3 is 9.90 Å². The molecule has 0 saturated heterocycles. The minimum Gasteiger partial charge on any atom is -0.529 e. The Balaban J connectivity index is 3.02. The number of hydrogen-bond acceptors (Lipinski definition) is 4. The third-order valence-electron chi connectivity index (χ3n) is 1.27. The Bertz CT molecular complexity index is 398. The van der Waals surface area contributed by atoms with E-state index in [1.165, 1.54) is 29.0 Å². The molecule has 1 amide bonds. The van der Waals surface area contributed by atoms with Crippen molar-refractivity contribution in [2.75, 3.05) is 0 Å². The predicted octanol–water partition coefficient (Wildman–Crippen LogP) is -0.692. The fraction of sp³-hybridized carbons (Fsp3) is 0. The minimum absolute atomic E-state index is 0.112. The van der Waals surface area contributed by atoms with Crippen LogP contribution in [-0.4, -0.2) is 14.5 Å². The molecule has 0 aliphatic rings. The van der Waals surface area contributed by atoms with Crippen LogP contribution >= 0.6 is 0 Å². The fourth-order valence-corrected chi connectivity index (χ4v) is 1.62. The molecule has 0 aliphatic carbocycles. The monoisotopic (exact) mass is 200 g/mol. The van der Waals surface area contributed by atoms with Gasteiger partial charge in [0, 0.05) is 0 Å². The molecule has 6 heteroatoms. The summed E-state index contributed by atoms with van der Waals surface area (Å²) < 4.78 is 23.5. The smallest absolute Gasteiger partial charge is 0.262 e. The molecule has 0 spiro atoms. The Kier molecular flexibility index (Phi) is 2.52. The first kappa shape index (κ1) is 9.53. The van der Waals surface area contributed by atoms with Gasteiger partial charge in [-0.2, -0.15) is 0 Å². The average Bonchev–Trinajstić information content (AvgIpc) is 2.04. The highest BCUT2D eigenvalue weighted by molar-refractivity contribution is 7.90. The van der Waals surface area contributed by atoms with E-state index in [-0.39, 0.29) is 4.90 Å². The summed E-state index contributed by atoms with van der Waals surface area (Å²) in [7, 11) is -3.97. The van der Waals surface area contributed by atoms with Gasteiger partial charge in [0.25, 0.3) is 10.0 Å². The SMILES string of the molecule is O=C([O-])NS(=O)(=O)c1ccccc1. The maximum Gasteiger partial charge on any atom is 0.262 e. The van der Waals surface area contributed by atoms with Gasteiger partial charge >= 0.3 is 0 Å². The first-order valence-corrected chi connectivity index (χ1v) is 4.79. The molecule has 1 N–H and O–H groups in total. The van der Waals surface area contributed by atoms with Gasteiger partial charge in [0.15, 0.2) is 0 Å². The molecule has 0 aromatic heterocycles. The number of rotatable bonds is 2. The van der Waals surface area contributed by atoms with Crippen molar-refractivity contribution >= 4 is 16.1 Å². The third-order valence-corrected chi connectivity index (χ3v) is 2.60. The van der Waals surface area contributed by atoms with Crippen LogP contribution in [0, 0.1) is 0 Å². The van der Waals surface area contributed by atoms with Crippen molar-refractivity contribution in [3.05, 3.63) is 30.3 Å². The van der Waals surface area contributed by atoms with Crippen molar-refractivity contribution in [1.82, 2.24) is 4.72 Å². The summed E-state index contributed by atoms with van der Waals surface area (Å²) >= 11 is 0. The molecule has 0 radical (unpaired) electrons. The number of benzene rings is 1. The summed E-state index contributed by atoms with van der Waals surface area (Å²) in [5.74, 6) is 0. The quantitative estimate of drug-likeness (QED) is 0.684. The van der Waals surface area contributed by atoms with E-state index in [0.717, 1.165) is 0 Å². The largest absolute Gasteiger partial charge is 0.529 e. The van der Waals surface area contributed by atoms with Crippen LogP contribution in [0.25, 0.3) is 0 Å². The second kappa shape index (κ2) is 3.44. The van der Waals surface area contributed by atoms with Crippen LogP contribution < -0.4 is 9.83 Å². The average molecular weight is 200 g/mol. The molecule has 5 nitrogen and oxygen atoms in total. The van der Waals surface area contributed by atoms with E-state index in [2.05, 4.69) is 0 Å². The maximum absolute atomic E-state index is 11.1. The lowest BCUT2D eigenvalue weighted by Gasteiger charge is -2.06. The van der Waals surface area contributed by atoms with E-state index in [9.17, 15) is 18.3 Å². The number of carboxylic acid groups (broad SMARTS) is 1. The summed E-state index contributed by atoms with van der Waals surface area (Å²) in [6, 6.07) is 7.17. The van der Waals surface area contributed by atoms with Crippen molar-refractivity contribution < 1.29 is 18.3 Å². The van der Waals surface area contributed by atoms with Gasteiger partial charge in [0.1, 0.15) is 6.09 Å². The second-order valence-electron chi connectivity index (χ2n) is 2.21. The zero-order valence-corrected chi connectivity index (χ0v) is 7.24. The molecular formula is C7H6NO4S-. The lowest BCUT2D eigenvalue weighted by atomic mass is 10.4. The third kappa shape index (κ3) is 2.45. The van der Waals surface area contributed by atoms with E-state index in [0.29, 0.717) is 0 Å². The highest BCUT2D eigenvalue weighted by atomic mass is 32.2. The van der Waals surface area contributed by atoms with E-state index < -0.39 is 16.1 Å². The van der Waals surface area contributed by atoms with Crippen molar-refractivity contribution in [1.29, 1.82) is 0 Å². The van der Waals surface area contributed by atoms with Gasteiger partial charge in [0.05, 0.1) is 4.90 Å². The lowest BCUT2D eigenvalue weighted by Crippen LogP contribution is -2.40. The van der Waals surface area contributed by atoms with E-state index in [4.69, 9.17) is 0 Å². The molecule has 1 aromatic carbocycles. The van der Waals surface area contributed by atoms with Gasteiger partial charge in [-0.15, -0.1) is 0 Å². The number of amides is 1. The van der Waals surface area contributed by atoms with Gasteiger partial charge in [-0.25, -0.2) is 8.42 Å². The first-order valence-electron chi connectivity index (χ1n) is 3.31. The molecule has 13 heavy (non-hydrogen) atoms. The topological polar surface area (TPSA) is 86.3 Å². The Morgan fingerprint density at radius 1 is 1.23 bits per heavy atom. The molecule has 1 rings (SSSR count). The summed E-state index contributed by atoms with van der Waals surface area (Å²) in [5.41, 5.74) is 0. The Morgan fingerprint density at radius 3 is 2.23 bits per heavy atom. The maximum atomic E-state index is 11.1. The van der Waals surface area contributed by atoms with Gasteiger partial charge in [0.2, 0.25) is 0 Å². The summed E-state index contributed by atoms with van der Waals surface area (Å²) in [5, 5.41) is 9.99. The molecule has 0 saturated carbocycles. The molecule has 0 aliphatic heterocycles. The van der Waals surface area contributed by atoms with Crippen LogP contribution in [0.5, 0.6) is 0 Å². The highest BCUT2D eigenvalue weighted by Gasteiger charge is 2.11. The standard InChI is InChI=1S/C7H7NO4S/c9-7(10)8-13(11,12)6-4-2-1-3-5-6/h1-5,8H,(H,9,10)/p-1. The van der Waals surface area contributed by atoms with E-state index >= 15 is 0 Å². The molecule has 0 heterocycles. The zero-order chi connectivity index (χ0) is 9.90. The number of nitrogens with one attached hydrogen (secondary N) is 1. The second-order valence-corrected chi connectivity index (χ2v) is 3.89. The van der Waals surface area contributed by atoms with Crippen LogP contribution in [-0.2, 0) is 10.0 Å². The van der Waals surface area contributed by atoms with Crippen LogP contribution in [0.3, 0.4) is 0 Å². The number of hydrogen-bond donors (Lipinski definition) is 1. The van der Waals surface area contributed by atoms with Gasteiger partial charge in [-0.05, 0) is 12.1 Å². The van der Waals surface area contributed by atoms with Crippen LogP contribution in [0.4, 0.5) is 4.79 Å². The summed E-state index contributed by atoms with van der Waals surface area (Å²) in [6.45, 7) is 0. The lowest BCUT2D eigenvalue weighted by molar-refractivity contribution is -0.247. The Morgan fingerprint density at radius 2 is 1.77 bits per heavy atom. The molecule has 0 atom stereocenters. The Labute approximate surface area is 75.1 Å². The molecule has 70 valence electrons. The molecule has 0 bridgehead atoms. The number of carbonyl (C=O) groups is 1. The van der Waals surface area contributed by atoms with E-state index in [1.807, 2.05) is 0 Å². The molecule has 0 fully saturated rings. The fourth-order valence-electron chi connectivity index (χ4n) is 0.768. The van der Waals surface area contributed by atoms with Gasteiger partial charge in [-0.1, -0.05) is 18.2 Å². The normalized spacial score (nSPS) is 10.8. The van der Waals surface area contributed by atoms with Crippen LogP contribution in [0.15, 0.2) is 35.2 Å². The molecule has 1 aromatic rings. The highest BCUT2D eigenvalue weighted by Crippen LogP contribution is 2.05. The van der Waals surface area contributed by atoms with Crippen molar-refractivity contribution in [3.8, 4) is 0 Å². The number of carbonyl (C=O) groups excluding carboxylic acids is 1. The Hall–Kier alpha value is -1.56.